The Labute approximate surface area is 125 Å². The lowest BCUT2D eigenvalue weighted by Crippen LogP contribution is -2.62. The summed E-state index contributed by atoms with van der Waals surface area (Å²) in [5.74, 6) is 1.88. The summed E-state index contributed by atoms with van der Waals surface area (Å²) < 4.78 is 0. The normalized spacial score (nSPS) is 34.4. The average molecular weight is 279 g/mol. The van der Waals surface area contributed by atoms with E-state index in [0.29, 0.717) is 0 Å². The summed E-state index contributed by atoms with van der Waals surface area (Å²) in [6.45, 7) is 12.4. The van der Waals surface area contributed by atoms with Gasteiger partial charge in [0.15, 0.2) is 0 Å². The predicted molar refractivity (Wildman–Crippen MR) is 85.0 cm³/mol. The third-order valence-electron chi connectivity index (χ3n) is 5.70. The molecule has 116 valence electrons. The molecule has 2 atom stereocenters. The van der Waals surface area contributed by atoms with Crippen molar-refractivity contribution >= 4 is 0 Å². The highest BCUT2D eigenvalue weighted by atomic mass is 15.3. The molecule has 2 aliphatic heterocycles. The fourth-order valence-corrected chi connectivity index (χ4v) is 4.47. The zero-order valence-corrected chi connectivity index (χ0v) is 13.5. The van der Waals surface area contributed by atoms with Crippen molar-refractivity contribution in [3.8, 4) is 0 Å². The largest absolute Gasteiger partial charge is 0.314 e. The van der Waals surface area contributed by atoms with Crippen LogP contribution in [-0.2, 0) is 0 Å². The molecule has 3 nitrogen and oxygen atoms in total. The molecule has 2 unspecified atom stereocenters. The molecular weight excluding hydrogens is 246 g/mol. The van der Waals surface area contributed by atoms with E-state index in [9.17, 15) is 0 Å². The average Bonchev–Trinajstić information content (AvgIpc) is 2.37. The molecule has 1 saturated carbocycles. The topological polar surface area (TPSA) is 18.5 Å². The molecular formula is C17H33N3. The summed E-state index contributed by atoms with van der Waals surface area (Å²) in [6, 6.07) is 1.74. The first-order chi connectivity index (χ1) is 9.72. The molecule has 1 N–H and O–H groups in total. The molecule has 3 rings (SSSR count). The summed E-state index contributed by atoms with van der Waals surface area (Å²) >= 11 is 0. The number of nitrogens with zero attached hydrogens (tertiary/aromatic N) is 2. The fourth-order valence-electron chi connectivity index (χ4n) is 4.47. The lowest BCUT2D eigenvalue weighted by Gasteiger charge is -2.46. The van der Waals surface area contributed by atoms with E-state index in [0.717, 1.165) is 23.9 Å². The van der Waals surface area contributed by atoms with Crippen molar-refractivity contribution in [3.63, 3.8) is 0 Å². The molecule has 0 radical (unpaired) electrons. The van der Waals surface area contributed by atoms with Gasteiger partial charge in [0.05, 0.1) is 0 Å². The molecule has 3 heteroatoms. The Morgan fingerprint density at radius 2 is 1.60 bits per heavy atom. The third kappa shape index (κ3) is 3.55. The van der Waals surface area contributed by atoms with Gasteiger partial charge in [-0.25, -0.2) is 0 Å². The van der Waals surface area contributed by atoms with Crippen LogP contribution in [0.1, 0.15) is 46.0 Å². The molecule has 2 saturated heterocycles. The van der Waals surface area contributed by atoms with E-state index < -0.39 is 0 Å². The second kappa shape index (κ2) is 6.76. The quantitative estimate of drug-likeness (QED) is 0.851. The molecule has 3 aliphatic rings. The molecule has 2 heterocycles. The minimum atomic E-state index is 0.845. The van der Waals surface area contributed by atoms with Gasteiger partial charge in [-0.1, -0.05) is 26.7 Å². The SMILES string of the molecule is CC(C)CC1CCCC(N2CCN(C3CNC3)CC2)C1. The Hall–Kier alpha value is -0.120. The Morgan fingerprint density at radius 1 is 0.950 bits per heavy atom. The third-order valence-corrected chi connectivity index (χ3v) is 5.70. The standard InChI is InChI=1S/C17H33N3/c1-14(2)10-15-4-3-5-16(11-15)19-6-8-20(9-7-19)17-12-18-13-17/h14-18H,3-13H2,1-2H3. The van der Waals surface area contributed by atoms with Gasteiger partial charge < -0.3 is 5.32 Å². The van der Waals surface area contributed by atoms with Crippen LogP contribution in [0.25, 0.3) is 0 Å². The minimum absolute atomic E-state index is 0.845. The van der Waals surface area contributed by atoms with Gasteiger partial charge in [-0.3, -0.25) is 9.80 Å². The molecule has 0 aromatic carbocycles. The molecule has 1 aliphatic carbocycles. The van der Waals surface area contributed by atoms with Crippen molar-refractivity contribution in [1.29, 1.82) is 0 Å². The minimum Gasteiger partial charge on any atom is -0.314 e. The van der Waals surface area contributed by atoms with Crippen LogP contribution >= 0.6 is 0 Å². The summed E-state index contributed by atoms with van der Waals surface area (Å²) in [5.41, 5.74) is 0. The second-order valence-corrected chi connectivity index (χ2v) is 7.70. The second-order valence-electron chi connectivity index (χ2n) is 7.70. The molecule has 0 amide bonds. The van der Waals surface area contributed by atoms with Gasteiger partial charge in [-0.05, 0) is 31.1 Å². The van der Waals surface area contributed by atoms with E-state index in [-0.39, 0.29) is 0 Å². The maximum atomic E-state index is 3.40. The van der Waals surface area contributed by atoms with Crippen molar-refractivity contribution in [3.05, 3.63) is 0 Å². The number of hydrogen-bond donors (Lipinski definition) is 1. The van der Waals surface area contributed by atoms with Crippen LogP contribution in [0, 0.1) is 11.8 Å². The van der Waals surface area contributed by atoms with Gasteiger partial charge in [-0.15, -0.1) is 0 Å². The lowest BCUT2D eigenvalue weighted by atomic mass is 9.80. The molecule has 0 aromatic heterocycles. The van der Waals surface area contributed by atoms with Crippen LogP contribution < -0.4 is 5.32 Å². The molecule has 0 bridgehead atoms. The van der Waals surface area contributed by atoms with Crippen LogP contribution in [-0.4, -0.2) is 61.2 Å². The zero-order chi connectivity index (χ0) is 13.9. The van der Waals surface area contributed by atoms with Gasteiger partial charge in [0.2, 0.25) is 0 Å². The zero-order valence-electron chi connectivity index (χ0n) is 13.5. The molecule has 0 aromatic rings. The van der Waals surface area contributed by atoms with E-state index >= 15 is 0 Å². The molecule has 3 fully saturated rings. The highest BCUT2D eigenvalue weighted by Gasteiger charge is 2.32. The van der Waals surface area contributed by atoms with Gasteiger partial charge in [0.1, 0.15) is 0 Å². The van der Waals surface area contributed by atoms with E-state index in [1.807, 2.05) is 0 Å². The Bertz CT molecular complexity index is 293. The van der Waals surface area contributed by atoms with Crippen molar-refractivity contribution < 1.29 is 0 Å². The van der Waals surface area contributed by atoms with E-state index in [1.165, 1.54) is 71.4 Å². The Balaban J connectivity index is 1.44. The fraction of sp³-hybridized carbons (Fsp3) is 1.00. The van der Waals surface area contributed by atoms with E-state index in [4.69, 9.17) is 0 Å². The Kier molecular flexibility index (Phi) is 5.00. The van der Waals surface area contributed by atoms with Crippen LogP contribution in [0.4, 0.5) is 0 Å². The molecule has 0 spiro atoms. The first-order valence-electron chi connectivity index (χ1n) is 8.91. The first kappa shape index (κ1) is 14.8. The number of piperazine rings is 1. The van der Waals surface area contributed by atoms with Crippen molar-refractivity contribution in [2.75, 3.05) is 39.3 Å². The summed E-state index contributed by atoms with van der Waals surface area (Å²) in [7, 11) is 0. The van der Waals surface area contributed by atoms with Gasteiger partial charge >= 0.3 is 0 Å². The first-order valence-corrected chi connectivity index (χ1v) is 8.91. The van der Waals surface area contributed by atoms with Crippen LogP contribution in [0.3, 0.4) is 0 Å². The Morgan fingerprint density at radius 3 is 2.15 bits per heavy atom. The number of hydrogen-bond acceptors (Lipinski definition) is 3. The van der Waals surface area contributed by atoms with E-state index in [1.54, 1.807) is 0 Å². The van der Waals surface area contributed by atoms with Crippen molar-refractivity contribution in [2.24, 2.45) is 11.8 Å². The molecule has 20 heavy (non-hydrogen) atoms. The highest BCUT2D eigenvalue weighted by Crippen LogP contribution is 2.32. The van der Waals surface area contributed by atoms with Crippen molar-refractivity contribution in [1.82, 2.24) is 15.1 Å². The number of rotatable bonds is 4. The maximum absolute atomic E-state index is 3.40. The predicted octanol–water partition coefficient (Wildman–Crippen LogP) is 2.18. The highest BCUT2D eigenvalue weighted by molar-refractivity contribution is 4.90. The van der Waals surface area contributed by atoms with Gasteiger partial charge in [0.25, 0.3) is 0 Å². The summed E-state index contributed by atoms with van der Waals surface area (Å²) in [4.78, 5) is 5.52. The van der Waals surface area contributed by atoms with E-state index in [2.05, 4.69) is 29.0 Å². The van der Waals surface area contributed by atoms with Crippen LogP contribution in [0.5, 0.6) is 0 Å². The summed E-state index contributed by atoms with van der Waals surface area (Å²) in [6.07, 6.45) is 7.34. The smallest absolute Gasteiger partial charge is 0.0346 e. The van der Waals surface area contributed by atoms with Crippen molar-refractivity contribution in [2.45, 2.75) is 58.0 Å². The summed E-state index contributed by atoms with van der Waals surface area (Å²) in [5, 5.41) is 3.40. The van der Waals surface area contributed by atoms with Crippen LogP contribution in [0.15, 0.2) is 0 Å². The van der Waals surface area contributed by atoms with Gasteiger partial charge in [0, 0.05) is 51.4 Å². The monoisotopic (exact) mass is 279 g/mol. The number of nitrogens with one attached hydrogen (secondary N) is 1. The van der Waals surface area contributed by atoms with Gasteiger partial charge in [-0.2, -0.15) is 0 Å². The maximum Gasteiger partial charge on any atom is 0.0346 e. The van der Waals surface area contributed by atoms with Crippen LogP contribution in [0.2, 0.25) is 0 Å². The lowest BCUT2D eigenvalue weighted by molar-refractivity contribution is 0.0334.